The summed E-state index contributed by atoms with van der Waals surface area (Å²) < 4.78 is 61.1. The molecular formula is C23H23F4NO3. The second kappa shape index (κ2) is 8.96. The molecule has 8 heteroatoms. The molecule has 0 aliphatic carbocycles. The maximum atomic E-state index is 13.2. The summed E-state index contributed by atoms with van der Waals surface area (Å²) in [6, 6.07) is 15.3. The quantitative estimate of drug-likeness (QED) is 0.462. The number of benzene rings is 2. The number of rotatable bonds is 7. The van der Waals surface area contributed by atoms with Crippen LogP contribution in [-0.4, -0.2) is 48.5 Å². The number of carbonyl (C=O) groups excluding carboxylic acids is 1. The molecule has 2 aromatic carbocycles. The summed E-state index contributed by atoms with van der Waals surface area (Å²) in [4.78, 5) is 15.5. The van der Waals surface area contributed by atoms with E-state index in [1.54, 1.807) is 0 Å². The Balaban J connectivity index is 1.46. The molecule has 2 aromatic rings. The first-order chi connectivity index (χ1) is 14.8. The zero-order chi connectivity index (χ0) is 22.0. The predicted molar refractivity (Wildman–Crippen MR) is 105 cm³/mol. The zero-order valence-corrected chi connectivity index (χ0v) is 16.7. The Morgan fingerprint density at radius 2 is 1.74 bits per heavy atom. The maximum Gasteiger partial charge on any atom is 0.461 e. The number of hydrogen-bond acceptors (Lipinski definition) is 4. The topological polar surface area (TPSA) is 38.8 Å². The second-order valence-corrected chi connectivity index (χ2v) is 8.03. The monoisotopic (exact) mass is 437 g/mol. The van der Waals surface area contributed by atoms with Crippen molar-refractivity contribution in [3.8, 4) is 5.75 Å². The van der Waals surface area contributed by atoms with Gasteiger partial charge in [-0.3, -0.25) is 9.69 Å². The van der Waals surface area contributed by atoms with Gasteiger partial charge in [0.2, 0.25) is 0 Å². The third kappa shape index (κ3) is 4.91. The first kappa shape index (κ1) is 21.8. The fraction of sp³-hybridized carbons (Fsp3) is 0.435. The molecule has 0 amide bonds. The number of nitrogens with zero attached hydrogens (tertiary/aromatic N) is 1. The highest BCUT2D eigenvalue weighted by molar-refractivity contribution is 5.98. The van der Waals surface area contributed by atoms with Crippen molar-refractivity contribution in [2.45, 2.75) is 44.0 Å². The van der Waals surface area contributed by atoms with Gasteiger partial charge < -0.3 is 9.47 Å². The van der Waals surface area contributed by atoms with Crippen LogP contribution in [0.4, 0.5) is 17.6 Å². The molecular weight excluding hydrogens is 414 g/mol. The van der Waals surface area contributed by atoms with Crippen LogP contribution in [0.25, 0.3) is 0 Å². The van der Waals surface area contributed by atoms with Crippen LogP contribution in [0.5, 0.6) is 5.75 Å². The number of hydrogen-bond donors (Lipinski definition) is 0. The lowest BCUT2D eigenvalue weighted by Gasteiger charge is -2.48. The molecule has 0 saturated carbocycles. The number of ether oxygens (including phenoxy) is 2. The van der Waals surface area contributed by atoms with Gasteiger partial charge in [-0.2, -0.15) is 17.6 Å². The Labute approximate surface area is 177 Å². The minimum Gasteiger partial charge on any atom is -0.428 e. The van der Waals surface area contributed by atoms with Crippen LogP contribution in [0.1, 0.15) is 28.8 Å². The highest BCUT2D eigenvalue weighted by Crippen LogP contribution is 2.35. The number of halogens is 4. The van der Waals surface area contributed by atoms with Crippen LogP contribution in [0.2, 0.25) is 0 Å². The van der Waals surface area contributed by atoms with Gasteiger partial charge in [-0.1, -0.05) is 42.5 Å². The van der Waals surface area contributed by atoms with Crippen molar-refractivity contribution in [2.75, 3.05) is 13.2 Å². The lowest BCUT2D eigenvalue weighted by molar-refractivity contribution is -0.253. The fourth-order valence-electron chi connectivity index (χ4n) is 4.41. The lowest BCUT2D eigenvalue weighted by Crippen LogP contribution is -2.57. The van der Waals surface area contributed by atoms with Crippen molar-refractivity contribution >= 4 is 5.78 Å². The molecule has 0 N–H and O–H groups in total. The SMILES string of the molecule is O=C(c1cccc(OC(F)(F)C(F)F)c1)C1CC2COCC(C1)N2Cc1ccccc1. The van der Waals surface area contributed by atoms with E-state index < -0.39 is 18.3 Å². The van der Waals surface area contributed by atoms with Crippen molar-refractivity contribution in [3.05, 3.63) is 65.7 Å². The molecule has 2 unspecified atom stereocenters. The molecule has 166 valence electrons. The van der Waals surface area contributed by atoms with E-state index in [9.17, 15) is 22.4 Å². The Kier molecular flexibility index (Phi) is 6.29. The van der Waals surface area contributed by atoms with Gasteiger partial charge in [-0.15, -0.1) is 0 Å². The standard InChI is InChI=1S/C23H23F4NO3/c24-22(25)23(26,27)31-20-8-4-7-16(11-20)21(29)17-9-18-13-30-14-19(10-17)28(18)12-15-5-2-1-3-6-15/h1-8,11,17-19,22H,9-10,12-14H2. The molecule has 2 aliphatic heterocycles. The average Bonchev–Trinajstić information content (AvgIpc) is 2.73. The number of piperidine rings is 1. The molecule has 0 radical (unpaired) electrons. The summed E-state index contributed by atoms with van der Waals surface area (Å²) in [7, 11) is 0. The first-order valence-corrected chi connectivity index (χ1v) is 10.2. The van der Waals surface area contributed by atoms with Crippen LogP contribution in [0.15, 0.2) is 54.6 Å². The number of morpholine rings is 1. The van der Waals surface area contributed by atoms with Gasteiger partial charge in [0.1, 0.15) is 5.75 Å². The predicted octanol–water partition coefficient (Wildman–Crippen LogP) is 4.79. The van der Waals surface area contributed by atoms with Gasteiger partial charge in [0.05, 0.1) is 13.2 Å². The van der Waals surface area contributed by atoms with E-state index in [1.807, 2.05) is 18.2 Å². The third-order valence-electron chi connectivity index (χ3n) is 5.88. The maximum absolute atomic E-state index is 13.2. The molecule has 2 bridgehead atoms. The molecule has 2 fully saturated rings. The average molecular weight is 437 g/mol. The zero-order valence-electron chi connectivity index (χ0n) is 16.7. The molecule has 2 saturated heterocycles. The molecule has 31 heavy (non-hydrogen) atoms. The minimum absolute atomic E-state index is 0.0734. The molecule has 0 spiro atoms. The van der Waals surface area contributed by atoms with Crippen LogP contribution in [0, 0.1) is 5.92 Å². The smallest absolute Gasteiger partial charge is 0.428 e. The number of carbonyl (C=O) groups is 1. The fourth-order valence-corrected chi connectivity index (χ4v) is 4.41. The van der Waals surface area contributed by atoms with E-state index >= 15 is 0 Å². The molecule has 2 atom stereocenters. The number of ketones is 1. The van der Waals surface area contributed by atoms with Gasteiger partial charge >= 0.3 is 12.5 Å². The summed E-state index contributed by atoms with van der Waals surface area (Å²) in [5.74, 6) is -0.944. The van der Waals surface area contributed by atoms with Crippen molar-refractivity contribution in [3.63, 3.8) is 0 Å². The summed E-state index contributed by atoms with van der Waals surface area (Å²) in [5, 5.41) is 0. The molecule has 0 aromatic heterocycles. The Bertz CT molecular complexity index is 895. The third-order valence-corrected chi connectivity index (χ3v) is 5.88. The molecule has 2 aliphatic rings. The van der Waals surface area contributed by atoms with E-state index in [2.05, 4.69) is 21.8 Å². The largest absolute Gasteiger partial charge is 0.461 e. The highest BCUT2D eigenvalue weighted by Gasteiger charge is 2.44. The Hall–Kier alpha value is -2.45. The Morgan fingerprint density at radius 3 is 2.39 bits per heavy atom. The van der Waals surface area contributed by atoms with Crippen LogP contribution < -0.4 is 4.74 Å². The van der Waals surface area contributed by atoms with Crippen LogP contribution in [-0.2, 0) is 11.3 Å². The molecule has 4 nitrogen and oxygen atoms in total. The van der Waals surface area contributed by atoms with E-state index in [0.29, 0.717) is 26.1 Å². The normalized spacial score (nSPS) is 24.2. The summed E-state index contributed by atoms with van der Waals surface area (Å²) >= 11 is 0. The van der Waals surface area contributed by atoms with E-state index in [4.69, 9.17) is 4.74 Å². The van der Waals surface area contributed by atoms with Crippen molar-refractivity contribution < 1.29 is 31.8 Å². The summed E-state index contributed by atoms with van der Waals surface area (Å²) in [5.41, 5.74) is 1.37. The van der Waals surface area contributed by atoms with E-state index in [0.717, 1.165) is 18.7 Å². The van der Waals surface area contributed by atoms with Crippen LogP contribution >= 0.6 is 0 Å². The first-order valence-electron chi connectivity index (χ1n) is 10.2. The second-order valence-electron chi connectivity index (χ2n) is 8.03. The lowest BCUT2D eigenvalue weighted by atomic mass is 9.80. The van der Waals surface area contributed by atoms with Crippen LogP contribution in [0.3, 0.4) is 0 Å². The van der Waals surface area contributed by atoms with Gasteiger partial charge in [-0.05, 0) is 30.5 Å². The Morgan fingerprint density at radius 1 is 1.06 bits per heavy atom. The highest BCUT2D eigenvalue weighted by atomic mass is 19.3. The number of Topliss-reactive ketones (excluding diaryl/α,β-unsaturated/α-hetero) is 1. The van der Waals surface area contributed by atoms with Crippen molar-refractivity contribution in [2.24, 2.45) is 5.92 Å². The van der Waals surface area contributed by atoms with Crippen molar-refractivity contribution in [1.29, 1.82) is 0 Å². The van der Waals surface area contributed by atoms with Gasteiger partial charge in [0.15, 0.2) is 5.78 Å². The number of fused-ring (bicyclic) bond motifs is 2. The molecule has 2 heterocycles. The minimum atomic E-state index is -4.61. The molecule has 4 rings (SSSR count). The van der Waals surface area contributed by atoms with Gasteiger partial charge in [-0.25, -0.2) is 0 Å². The number of alkyl halides is 4. The van der Waals surface area contributed by atoms with Gasteiger partial charge in [0, 0.05) is 30.1 Å². The van der Waals surface area contributed by atoms with Gasteiger partial charge in [0.25, 0.3) is 0 Å². The summed E-state index contributed by atoms with van der Waals surface area (Å²) in [6.45, 7) is 1.82. The summed E-state index contributed by atoms with van der Waals surface area (Å²) in [6.07, 6.45) is -7.40. The van der Waals surface area contributed by atoms with E-state index in [-0.39, 0.29) is 29.3 Å². The van der Waals surface area contributed by atoms with E-state index in [1.165, 1.54) is 17.7 Å². The van der Waals surface area contributed by atoms with Crippen molar-refractivity contribution in [1.82, 2.24) is 4.90 Å².